The molecule has 7 rings (SSSR count). The molecule has 7 nitrogen and oxygen atoms in total. The number of hydrogen-bond donors (Lipinski definition) is 0. The zero-order valence-electron chi connectivity index (χ0n) is 49.1. The summed E-state index contributed by atoms with van der Waals surface area (Å²) in [5, 5.41) is 0. The molecule has 0 radical (unpaired) electrons. The number of rotatable bonds is 35. The van der Waals surface area contributed by atoms with Gasteiger partial charge in [0.25, 0.3) is 0 Å². The highest BCUT2D eigenvalue weighted by Gasteiger charge is 2.66. The first kappa shape index (κ1) is 60.4. The summed E-state index contributed by atoms with van der Waals surface area (Å²) in [6.45, 7) is 22.1. The van der Waals surface area contributed by atoms with Gasteiger partial charge in [-0.05, 0) is 141 Å². The molecule has 3 unspecified atom stereocenters. The monoisotopic (exact) mass is 1040 g/mol. The van der Waals surface area contributed by atoms with Gasteiger partial charge in [0.1, 0.15) is 6.61 Å². The van der Waals surface area contributed by atoms with Gasteiger partial charge < -0.3 is 23.8 Å². The number of amides is 1. The molecule has 0 aromatic heterocycles. The second kappa shape index (κ2) is 32.1. The molecule has 7 heteroatoms. The van der Waals surface area contributed by atoms with E-state index in [9.17, 15) is 4.79 Å². The lowest BCUT2D eigenvalue weighted by atomic mass is 9.43. The molecular formula is C69H108N2O5. The minimum absolute atomic E-state index is 0.0755. The van der Waals surface area contributed by atoms with Crippen molar-refractivity contribution in [3.63, 3.8) is 0 Å². The van der Waals surface area contributed by atoms with Crippen molar-refractivity contribution in [2.24, 2.45) is 46.3 Å². The highest BCUT2D eigenvalue weighted by Crippen LogP contribution is 2.69. The minimum atomic E-state index is -0.153. The van der Waals surface area contributed by atoms with Gasteiger partial charge in [-0.25, -0.2) is 4.79 Å². The molecule has 76 heavy (non-hydrogen) atoms. The lowest BCUT2D eigenvalue weighted by Gasteiger charge is -2.65. The van der Waals surface area contributed by atoms with Gasteiger partial charge in [-0.2, -0.15) is 0 Å². The molecule has 3 aromatic carbocycles. The molecule has 0 spiro atoms. The fourth-order valence-corrected chi connectivity index (χ4v) is 15.5. The van der Waals surface area contributed by atoms with Crippen molar-refractivity contribution in [1.82, 2.24) is 9.80 Å². The van der Waals surface area contributed by atoms with Crippen LogP contribution in [0.3, 0.4) is 0 Å². The Morgan fingerprint density at radius 2 is 1.14 bits per heavy atom. The zero-order valence-corrected chi connectivity index (χ0v) is 49.1. The Balaban J connectivity index is 1.05. The Morgan fingerprint density at radius 1 is 0.579 bits per heavy atom. The second-order valence-corrected chi connectivity index (χ2v) is 25.1. The SMILES string of the molecule is CCCCCCCCCCCCN(CCCC(C)[C@H]1CC[C@H]2C3[C@H](OCCCN(Cc4ccccc4)Cc4ccccc4)CC4C[C@H](OCCCC)CC[C@]4(C)[C@H]3C[C@H](OCCCC)[C@]12C)C(=O)OCc1ccccc1. The maximum atomic E-state index is 13.9. The highest BCUT2D eigenvalue weighted by atomic mass is 16.6. The average molecular weight is 1050 g/mol. The number of nitrogens with zero attached hydrogens (tertiary/aromatic N) is 2. The molecule has 1 amide bonds. The van der Waals surface area contributed by atoms with Crippen LogP contribution in [0.15, 0.2) is 91.0 Å². The van der Waals surface area contributed by atoms with E-state index in [0.717, 1.165) is 116 Å². The van der Waals surface area contributed by atoms with Crippen LogP contribution in [0, 0.1) is 46.3 Å². The second-order valence-electron chi connectivity index (χ2n) is 25.1. The van der Waals surface area contributed by atoms with Crippen molar-refractivity contribution in [2.75, 3.05) is 39.5 Å². The first-order chi connectivity index (χ1) is 37.2. The Hall–Kier alpha value is -3.23. The van der Waals surface area contributed by atoms with E-state index in [4.69, 9.17) is 18.9 Å². The summed E-state index contributed by atoms with van der Waals surface area (Å²) in [4.78, 5) is 18.5. The number of fused-ring (bicyclic) bond motifs is 5. The number of ether oxygens (including phenoxy) is 4. The number of hydrogen-bond acceptors (Lipinski definition) is 6. The molecule has 4 aliphatic carbocycles. The summed E-state index contributed by atoms with van der Waals surface area (Å²) >= 11 is 0. The van der Waals surface area contributed by atoms with Crippen LogP contribution in [0.25, 0.3) is 0 Å². The Labute approximate surface area is 464 Å². The van der Waals surface area contributed by atoms with Crippen LogP contribution in [-0.4, -0.2) is 73.7 Å². The van der Waals surface area contributed by atoms with Gasteiger partial charge in [-0.3, -0.25) is 4.90 Å². The summed E-state index contributed by atoms with van der Waals surface area (Å²) in [6.07, 6.45) is 29.8. The van der Waals surface area contributed by atoms with E-state index in [-0.39, 0.29) is 29.1 Å². The maximum absolute atomic E-state index is 13.9. The van der Waals surface area contributed by atoms with Gasteiger partial charge in [0, 0.05) is 58.0 Å². The fourth-order valence-electron chi connectivity index (χ4n) is 15.5. The third-order valence-electron chi connectivity index (χ3n) is 19.9. The van der Waals surface area contributed by atoms with E-state index in [2.05, 4.69) is 112 Å². The number of carbonyl (C=O) groups excluding carboxylic acids is 1. The quantitative estimate of drug-likeness (QED) is 0.0547. The summed E-state index contributed by atoms with van der Waals surface area (Å²) in [5.74, 6) is 3.40. The Bertz CT molecular complexity index is 1980. The van der Waals surface area contributed by atoms with Crippen molar-refractivity contribution < 1.29 is 23.7 Å². The molecule has 0 N–H and O–H groups in total. The number of unbranched alkanes of at least 4 members (excludes halogenated alkanes) is 11. The van der Waals surface area contributed by atoms with Gasteiger partial charge in [0.2, 0.25) is 0 Å². The van der Waals surface area contributed by atoms with Crippen LogP contribution in [0.1, 0.15) is 212 Å². The molecule has 3 aromatic rings. The standard InChI is InChI=1S/C69H108N2O5/c1-7-10-13-14-15-16-17-18-19-29-44-71(67(72)76-54-58-37-27-22-28-38-58)45-30-32-55(4)61-39-40-62-66-63(51-65(69(61,62)6)75-47-12-9-3)68(5)42-41-60(73-46-11-8-2)49-59(68)50-64(66)74-48-31-43-70(52-56-33-23-20-24-34-56)53-57-35-25-21-26-36-57/h20-28,33-38,55,59-66H,7-19,29-32,39-54H2,1-6H3/t55?,59?,60-,61-,62+,63+,64-,65+,66?,68+,69-/m1/s1. The van der Waals surface area contributed by atoms with Crippen molar-refractivity contribution in [3.05, 3.63) is 108 Å². The number of benzene rings is 3. The predicted molar refractivity (Wildman–Crippen MR) is 315 cm³/mol. The molecule has 0 bridgehead atoms. The summed E-state index contributed by atoms with van der Waals surface area (Å²) in [5.41, 5.74) is 4.12. The molecule has 11 atom stereocenters. The van der Waals surface area contributed by atoms with Gasteiger partial charge in [-0.15, -0.1) is 0 Å². The van der Waals surface area contributed by atoms with E-state index in [1.165, 1.54) is 107 Å². The van der Waals surface area contributed by atoms with Crippen LogP contribution >= 0.6 is 0 Å². The summed E-state index contributed by atoms with van der Waals surface area (Å²) in [6, 6.07) is 32.2. The lowest BCUT2D eigenvalue weighted by Crippen LogP contribution is -2.63. The molecule has 4 saturated carbocycles. The molecule has 0 aliphatic heterocycles. The van der Waals surface area contributed by atoms with Crippen LogP contribution < -0.4 is 0 Å². The Morgan fingerprint density at radius 3 is 1.78 bits per heavy atom. The first-order valence-electron chi connectivity index (χ1n) is 31.8. The predicted octanol–water partition coefficient (Wildman–Crippen LogP) is 17.7. The topological polar surface area (TPSA) is 60.5 Å². The zero-order chi connectivity index (χ0) is 53.4. The maximum Gasteiger partial charge on any atom is 0.410 e. The van der Waals surface area contributed by atoms with Gasteiger partial charge in [0.05, 0.1) is 18.3 Å². The number of carbonyl (C=O) groups is 1. The van der Waals surface area contributed by atoms with E-state index in [1.807, 2.05) is 30.3 Å². The smallest absolute Gasteiger partial charge is 0.410 e. The molecule has 0 saturated heterocycles. The molecule has 424 valence electrons. The van der Waals surface area contributed by atoms with E-state index < -0.39 is 0 Å². The first-order valence-corrected chi connectivity index (χ1v) is 31.8. The normalized spacial score (nSPS) is 27.4. The van der Waals surface area contributed by atoms with Crippen LogP contribution in [0.5, 0.6) is 0 Å². The molecule has 0 heterocycles. The summed E-state index contributed by atoms with van der Waals surface area (Å²) in [7, 11) is 0. The molecular weight excluding hydrogens is 937 g/mol. The van der Waals surface area contributed by atoms with Crippen molar-refractivity contribution in [1.29, 1.82) is 0 Å². The van der Waals surface area contributed by atoms with Crippen LogP contribution in [0.2, 0.25) is 0 Å². The van der Waals surface area contributed by atoms with Gasteiger partial charge in [0.15, 0.2) is 0 Å². The van der Waals surface area contributed by atoms with Crippen LogP contribution in [-0.2, 0) is 38.6 Å². The van der Waals surface area contributed by atoms with Crippen molar-refractivity contribution >= 4 is 6.09 Å². The van der Waals surface area contributed by atoms with Crippen LogP contribution in [0.4, 0.5) is 4.79 Å². The van der Waals surface area contributed by atoms with E-state index >= 15 is 0 Å². The van der Waals surface area contributed by atoms with Crippen molar-refractivity contribution in [2.45, 2.75) is 234 Å². The third kappa shape index (κ3) is 17.1. The van der Waals surface area contributed by atoms with Gasteiger partial charge >= 0.3 is 6.09 Å². The van der Waals surface area contributed by atoms with Gasteiger partial charge in [-0.1, -0.05) is 203 Å². The minimum Gasteiger partial charge on any atom is -0.445 e. The largest absolute Gasteiger partial charge is 0.445 e. The average Bonchev–Trinajstić information content (AvgIpc) is 3.85. The molecule has 4 aliphatic rings. The fraction of sp³-hybridized carbons (Fsp3) is 0.725. The lowest BCUT2D eigenvalue weighted by molar-refractivity contribution is -0.227. The van der Waals surface area contributed by atoms with E-state index in [1.54, 1.807) is 0 Å². The summed E-state index contributed by atoms with van der Waals surface area (Å²) < 4.78 is 27.5. The third-order valence-corrected chi connectivity index (χ3v) is 19.9. The van der Waals surface area contributed by atoms with E-state index in [0.29, 0.717) is 48.2 Å². The van der Waals surface area contributed by atoms with Crippen molar-refractivity contribution in [3.8, 4) is 0 Å². The highest BCUT2D eigenvalue weighted by molar-refractivity contribution is 5.67. The molecule has 4 fully saturated rings. The Kier molecular flexibility index (Phi) is 25.5.